The molecule has 0 bridgehead atoms. The van der Waals surface area contributed by atoms with Gasteiger partial charge in [-0.1, -0.05) is 17.7 Å². The van der Waals surface area contributed by atoms with Gasteiger partial charge in [0.15, 0.2) is 0 Å². The number of aromatic nitrogens is 1. The third-order valence-corrected chi connectivity index (χ3v) is 4.11. The Morgan fingerprint density at radius 3 is 2.85 bits per heavy atom. The quantitative estimate of drug-likeness (QED) is 0.807. The normalized spacial score (nSPS) is 16.3. The number of amides is 2. The zero-order chi connectivity index (χ0) is 18.5. The minimum Gasteiger partial charge on any atom is -0.489 e. The molecule has 3 rings (SSSR count). The van der Waals surface area contributed by atoms with Crippen LogP contribution in [-0.4, -0.2) is 36.1 Å². The number of hydrogen-bond acceptors (Lipinski definition) is 5. The van der Waals surface area contributed by atoms with E-state index in [-0.39, 0.29) is 17.5 Å². The molecule has 136 valence electrons. The molecule has 0 saturated carbocycles. The zero-order valence-corrected chi connectivity index (χ0v) is 14.7. The Labute approximate surface area is 155 Å². The number of nitrogens with one attached hydrogen (secondary N) is 1. The maximum Gasteiger partial charge on any atom is 0.274 e. The van der Waals surface area contributed by atoms with Gasteiger partial charge in [0.2, 0.25) is 0 Å². The second kappa shape index (κ2) is 8.16. The molecule has 1 aliphatic rings. The van der Waals surface area contributed by atoms with E-state index in [0.717, 1.165) is 19.4 Å². The van der Waals surface area contributed by atoms with Crippen LogP contribution in [0.25, 0.3) is 0 Å². The van der Waals surface area contributed by atoms with Crippen molar-refractivity contribution in [2.75, 3.05) is 18.5 Å². The van der Waals surface area contributed by atoms with Crippen molar-refractivity contribution < 1.29 is 19.1 Å². The molecule has 0 radical (unpaired) electrons. The van der Waals surface area contributed by atoms with E-state index in [4.69, 9.17) is 26.8 Å². The number of carbonyl (C=O) groups excluding carboxylic acids is 2. The van der Waals surface area contributed by atoms with Crippen molar-refractivity contribution in [3.63, 3.8) is 0 Å². The van der Waals surface area contributed by atoms with Crippen LogP contribution in [0.5, 0.6) is 5.75 Å². The number of benzene rings is 1. The molecular formula is C18H18ClN3O4. The third-order valence-electron chi connectivity index (χ3n) is 3.87. The van der Waals surface area contributed by atoms with Crippen molar-refractivity contribution in [1.82, 2.24) is 4.98 Å². The van der Waals surface area contributed by atoms with Gasteiger partial charge in [-0.25, -0.2) is 4.98 Å². The second-order valence-corrected chi connectivity index (χ2v) is 6.25. The molecule has 1 aliphatic heterocycles. The van der Waals surface area contributed by atoms with Crippen molar-refractivity contribution in [1.29, 1.82) is 0 Å². The second-order valence-electron chi connectivity index (χ2n) is 5.81. The van der Waals surface area contributed by atoms with Crippen LogP contribution in [-0.2, 0) is 4.74 Å². The minimum atomic E-state index is -0.706. The molecule has 8 heteroatoms. The lowest BCUT2D eigenvalue weighted by atomic mass is 10.2. The van der Waals surface area contributed by atoms with Crippen LogP contribution in [0.2, 0.25) is 5.02 Å². The number of anilines is 1. The molecule has 2 amide bonds. The molecule has 3 N–H and O–H groups in total. The molecule has 1 saturated heterocycles. The number of rotatable bonds is 6. The Hall–Kier alpha value is -2.64. The van der Waals surface area contributed by atoms with Gasteiger partial charge < -0.3 is 20.5 Å². The fourth-order valence-corrected chi connectivity index (χ4v) is 2.74. The summed E-state index contributed by atoms with van der Waals surface area (Å²) in [6.45, 7) is 1.13. The summed E-state index contributed by atoms with van der Waals surface area (Å²) in [5.41, 5.74) is 5.68. The molecule has 1 fully saturated rings. The van der Waals surface area contributed by atoms with E-state index in [2.05, 4.69) is 10.3 Å². The molecule has 2 aromatic rings. The first-order valence-electron chi connectivity index (χ1n) is 8.15. The predicted octanol–water partition coefficient (Wildman–Crippen LogP) is 2.64. The summed E-state index contributed by atoms with van der Waals surface area (Å²) in [4.78, 5) is 27.6. The summed E-state index contributed by atoms with van der Waals surface area (Å²) < 4.78 is 11.3. The molecule has 2 heterocycles. The van der Waals surface area contributed by atoms with E-state index in [1.54, 1.807) is 18.2 Å². The maximum absolute atomic E-state index is 12.5. The standard InChI is InChI=1S/C18H18ClN3O4/c19-11-6-7-16(26-10-12-3-2-8-25-12)15(9-11)22-18(24)14-5-1-4-13(21-14)17(20)23/h1,4-7,9,12H,2-3,8,10H2,(H2,20,23)(H,22,24)/t12-/m1/s1. The van der Waals surface area contributed by atoms with Gasteiger partial charge in [0.1, 0.15) is 23.7 Å². The average Bonchev–Trinajstić information content (AvgIpc) is 3.14. The monoisotopic (exact) mass is 375 g/mol. The molecule has 26 heavy (non-hydrogen) atoms. The Kier molecular flexibility index (Phi) is 5.70. The first-order chi connectivity index (χ1) is 12.5. The summed E-state index contributed by atoms with van der Waals surface area (Å²) in [5.74, 6) is -0.732. The summed E-state index contributed by atoms with van der Waals surface area (Å²) in [5, 5.41) is 3.15. The van der Waals surface area contributed by atoms with E-state index < -0.39 is 11.8 Å². The van der Waals surface area contributed by atoms with Crippen molar-refractivity contribution in [2.45, 2.75) is 18.9 Å². The van der Waals surface area contributed by atoms with Crippen LogP contribution in [0.4, 0.5) is 5.69 Å². The smallest absolute Gasteiger partial charge is 0.274 e. The van der Waals surface area contributed by atoms with Gasteiger partial charge in [0.05, 0.1) is 11.8 Å². The van der Waals surface area contributed by atoms with Crippen LogP contribution in [0.1, 0.15) is 33.8 Å². The van der Waals surface area contributed by atoms with Gasteiger partial charge in [-0.05, 0) is 43.2 Å². The molecule has 1 aromatic carbocycles. The van der Waals surface area contributed by atoms with Gasteiger partial charge in [0, 0.05) is 11.6 Å². The van der Waals surface area contributed by atoms with Gasteiger partial charge >= 0.3 is 0 Å². The minimum absolute atomic E-state index is 0.0126. The van der Waals surface area contributed by atoms with Crippen LogP contribution < -0.4 is 15.8 Å². The number of nitrogens with zero attached hydrogens (tertiary/aromatic N) is 1. The van der Waals surface area contributed by atoms with Gasteiger partial charge in [-0.15, -0.1) is 0 Å². The Balaban J connectivity index is 1.75. The van der Waals surface area contributed by atoms with Crippen LogP contribution >= 0.6 is 11.6 Å². The molecule has 0 aliphatic carbocycles. The number of pyridine rings is 1. The highest BCUT2D eigenvalue weighted by Crippen LogP contribution is 2.29. The summed E-state index contributed by atoms with van der Waals surface area (Å²) in [6, 6.07) is 9.40. The Bertz CT molecular complexity index is 822. The largest absolute Gasteiger partial charge is 0.489 e. The first kappa shape index (κ1) is 18.2. The fourth-order valence-electron chi connectivity index (χ4n) is 2.57. The topological polar surface area (TPSA) is 104 Å². The van der Waals surface area contributed by atoms with Crippen LogP contribution in [0.15, 0.2) is 36.4 Å². The number of hydrogen-bond donors (Lipinski definition) is 2. The third kappa shape index (κ3) is 4.50. The highest BCUT2D eigenvalue weighted by molar-refractivity contribution is 6.31. The number of ether oxygens (including phenoxy) is 2. The van der Waals surface area contributed by atoms with Crippen LogP contribution in [0.3, 0.4) is 0 Å². The number of nitrogens with two attached hydrogens (primary N) is 1. The lowest BCUT2D eigenvalue weighted by Gasteiger charge is -2.15. The number of halogens is 1. The lowest BCUT2D eigenvalue weighted by molar-refractivity contribution is 0.0682. The van der Waals surface area contributed by atoms with Crippen molar-refractivity contribution >= 4 is 29.1 Å². The zero-order valence-electron chi connectivity index (χ0n) is 13.9. The SMILES string of the molecule is NC(=O)c1cccc(C(=O)Nc2cc(Cl)ccc2OC[C@H]2CCCO2)n1. The first-order valence-corrected chi connectivity index (χ1v) is 8.53. The average molecular weight is 376 g/mol. The lowest BCUT2D eigenvalue weighted by Crippen LogP contribution is -2.20. The van der Waals surface area contributed by atoms with E-state index >= 15 is 0 Å². The number of carbonyl (C=O) groups is 2. The molecule has 0 unspecified atom stereocenters. The van der Waals surface area contributed by atoms with Gasteiger partial charge in [-0.2, -0.15) is 0 Å². The summed E-state index contributed by atoms with van der Waals surface area (Å²) in [7, 11) is 0. The molecule has 1 atom stereocenters. The molecule has 7 nitrogen and oxygen atoms in total. The number of primary amides is 1. The molecular weight excluding hydrogens is 358 g/mol. The van der Waals surface area contributed by atoms with Crippen molar-refractivity contribution in [3.05, 3.63) is 52.8 Å². The summed E-state index contributed by atoms with van der Waals surface area (Å²) in [6.07, 6.45) is 2.00. The Morgan fingerprint density at radius 2 is 2.12 bits per heavy atom. The highest BCUT2D eigenvalue weighted by atomic mass is 35.5. The van der Waals surface area contributed by atoms with Gasteiger partial charge in [-0.3, -0.25) is 9.59 Å². The van der Waals surface area contributed by atoms with E-state index in [9.17, 15) is 9.59 Å². The Morgan fingerprint density at radius 1 is 1.31 bits per heavy atom. The molecule has 0 spiro atoms. The van der Waals surface area contributed by atoms with Gasteiger partial charge in [0.25, 0.3) is 11.8 Å². The van der Waals surface area contributed by atoms with E-state index in [0.29, 0.717) is 23.1 Å². The fraction of sp³-hybridized carbons (Fsp3) is 0.278. The van der Waals surface area contributed by atoms with Crippen LogP contribution in [0, 0.1) is 0 Å². The van der Waals surface area contributed by atoms with E-state index in [1.807, 2.05) is 0 Å². The van der Waals surface area contributed by atoms with Crippen molar-refractivity contribution in [2.24, 2.45) is 5.73 Å². The molecule has 1 aromatic heterocycles. The highest BCUT2D eigenvalue weighted by Gasteiger charge is 2.18. The van der Waals surface area contributed by atoms with E-state index in [1.165, 1.54) is 18.2 Å². The summed E-state index contributed by atoms with van der Waals surface area (Å²) >= 11 is 6.03. The van der Waals surface area contributed by atoms with Crippen molar-refractivity contribution in [3.8, 4) is 5.75 Å². The predicted molar refractivity (Wildman–Crippen MR) is 96.6 cm³/mol. The maximum atomic E-state index is 12.5.